The standard InChI is InChI=1S/C21H24N2O2/c1-25-19-11-9-18(10-12-19)20-7-3-2-4-15-23(20)21(24)13-8-17-6-5-14-22-16-17/h5-6,8-14,16,20H,2-4,7,15H2,1H3/b13-8+. The number of rotatable bonds is 4. The summed E-state index contributed by atoms with van der Waals surface area (Å²) in [6.07, 6.45) is 11.4. The van der Waals surface area contributed by atoms with E-state index in [9.17, 15) is 4.79 Å². The Morgan fingerprint density at radius 3 is 2.76 bits per heavy atom. The maximum Gasteiger partial charge on any atom is 0.247 e. The Hall–Kier alpha value is -2.62. The molecule has 1 aromatic heterocycles. The van der Waals surface area contributed by atoms with E-state index in [0.29, 0.717) is 0 Å². The van der Waals surface area contributed by atoms with Crippen molar-refractivity contribution < 1.29 is 9.53 Å². The van der Waals surface area contributed by atoms with Gasteiger partial charge < -0.3 is 9.64 Å². The molecule has 0 bridgehead atoms. The zero-order valence-corrected chi connectivity index (χ0v) is 14.6. The Morgan fingerprint density at radius 1 is 1.20 bits per heavy atom. The van der Waals surface area contributed by atoms with E-state index in [2.05, 4.69) is 17.1 Å². The zero-order chi connectivity index (χ0) is 17.5. The third-order valence-electron chi connectivity index (χ3n) is 4.64. The van der Waals surface area contributed by atoms with Crippen LogP contribution in [0.2, 0.25) is 0 Å². The molecule has 2 heterocycles. The van der Waals surface area contributed by atoms with Crippen LogP contribution in [-0.4, -0.2) is 29.4 Å². The number of likely N-dealkylation sites (tertiary alicyclic amines) is 1. The van der Waals surface area contributed by atoms with Crippen molar-refractivity contribution in [3.8, 4) is 5.75 Å². The van der Waals surface area contributed by atoms with Gasteiger partial charge in [-0.3, -0.25) is 9.78 Å². The molecular weight excluding hydrogens is 312 g/mol. The van der Waals surface area contributed by atoms with Crippen LogP contribution in [0.5, 0.6) is 5.75 Å². The van der Waals surface area contributed by atoms with Gasteiger partial charge in [-0.15, -0.1) is 0 Å². The van der Waals surface area contributed by atoms with Crippen LogP contribution in [0.15, 0.2) is 54.9 Å². The minimum absolute atomic E-state index is 0.0616. The van der Waals surface area contributed by atoms with Gasteiger partial charge in [0.15, 0.2) is 0 Å². The zero-order valence-electron chi connectivity index (χ0n) is 14.6. The third-order valence-corrected chi connectivity index (χ3v) is 4.64. The van der Waals surface area contributed by atoms with Gasteiger partial charge in [0.2, 0.25) is 5.91 Å². The Bertz CT molecular complexity index is 710. The molecular formula is C21H24N2O2. The fraction of sp³-hybridized carbons (Fsp3) is 0.333. The first-order valence-electron chi connectivity index (χ1n) is 8.80. The van der Waals surface area contributed by atoms with Crippen molar-refractivity contribution in [2.45, 2.75) is 31.7 Å². The molecule has 4 heteroatoms. The fourth-order valence-corrected chi connectivity index (χ4v) is 3.28. The van der Waals surface area contributed by atoms with E-state index >= 15 is 0 Å². The molecule has 1 atom stereocenters. The quantitative estimate of drug-likeness (QED) is 0.784. The van der Waals surface area contributed by atoms with Crippen LogP contribution in [-0.2, 0) is 4.79 Å². The number of benzene rings is 1. The topological polar surface area (TPSA) is 42.4 Å². The van der Waals surface area contributed by atoms with Crippen LogP contribution in [0.3, 0.4) is 0 Å². The molecule has 2 aromatic rings. The Labute approximate surface area is 149 Å². The van der Waals surface area contributed by atoms with Crippen LogP contribution in [0.25, 0.3) is 6.08 Å². The van der Waals surface area contributed by atoms with E-state index in [1.165, 1.54) is 12.0 Å². The van der Waals surface area contributed by atoms with Crippen molar-refractivity contribution in [2.24, 2.45) is 0 Å². The highest BCUT2D eigenvalue weighted by Crippen LogP contribution is 2.31. The first kappa shape index (κ1) is 17.2. The van der Waals surface area contributed by atoms with Gasteiger partial charge in [-0.25, -0.2) is 0 Å². The van der Waals surface area contributed by atoms with Crippen molar-refractivity contribution in [3.05, 3.63) is 66.0 Å². The lowest BCUT2D eigenvalue weighted by atomic mass is 10.0. The lowest BCUT2D eigenvalue weighted by Gasteiger charge is -2.29. The molecule has 1 saturated heterocycles. The summed E-state index contributed by atoms with van der Waals surface area (Å²) in [5.74, 6) is 0.901. The molecule has 0 radical (unpaired) electrons. The van der Waals surface area contributed by atoms with E-state index in [1.54, 1.807) is 25.6 Å². The summed E-state index contributed by atoms with van der Waals surface area (Å²) in [7, 11) is 1.67. The predicted molar refractivity (Wildman–Crippen MR) is 99.2 cm³/mol. The highest BCUT2D eigenvalue weighted by atomic mass is 16.5. The fourth-order valence-electron chi connectivity index (χ4n) is 3.28. The van der Waals surface area contributed by atoms with Crippen molar-refractivity contribution in [1.29, 1.82) is 0 Å². The van der Waals surface area contributed by atoms with Gasteiger partial charge in [-0.2, -0.15) is 0 Å². The monoisotopic (exact) mass is 336 g/mol. The summed E-state index contributed by atoms with van der Waals surface area (Å²) >= 11 is 0. The number of amides is 1. The summed E-state index contributed by atoms with van der Waals surface area (Å²) in [5.41, 5.74) is 2.11. The van der Waals surface area contributed by atoms with Gasteiger partial charge in [-0.1, -0.05) is 31.0 Å². The lowest BCUT2D eigenvalue weighted by Crippen LogP contribution is -2.33. The van der Waals surface area contributed by atoms with Crippen LogP contribution in [0.1, 0.15) is 42.9 Å². The maximum absolute atomic E-state index is 12.8. The second kappa shape index (κ2) is 8.47. The van der Waals surface area contributed by atoms with Crippen LogP contribution in [0, 0.1) is 0 Å². The van der Waals surface area contributed by atoms with Gasteiger partial charge in [0.25, 0.3) is 0 Å². The molecule has 0 saturated carbocycles. The van der Waals surface area contributed by atoms with Crippen molar-refractivity contribution >= 4 is 12.0 Å². The first-order chi connectivity index (χ1) is 12.3. The van der Waals surface area contributed by atoms with E-state index in [4.69, 9.17) is 4.74 Å². The van der Waals surface area contributed by atoms with E-state index in [0.717, 1.165) is 37.1 Å². The number of pyridine rings is 1. The molecule has 4 nitrogen and oxygen atoms in total. The molecule has 1 aliphatic heterocycles. The first-order valence-corrected chi connectivity index (χ1v) is 8.80. The summed E-state index contributed by atoms with van der Waals surface area (Å²) in [5, 5.41) is 0. The lowest BCUT2D eigenvalue weighted by molar-refractivity contribution is -0.128. The molecule has 0 spiro atoms. The number of hydrogen-bond donors (Lipinski definition) is 0. The number of ether oxygens (including phenoxy) is 1. The Morgan fingerprint density at radius 2 is 2.04 bits per heavy atom. The molecule has 1 fully saturated rings. The molecule has 1 aromatic carbocycles. The highest BCUT2D eigenvalue weighted by Gasteiger charge is 2.25. The number of carbonyl (C=O) groups excluding carboxylic acids is 1. The molecule has 3 rings (SSSR count). The Balaban J connectivity index is 1.79. The second-order valence-corrected chi connectivity index (χ2v) is 6.29. The van der Waals surface area contributed by atoms with Gasteiger partial charge in [0, 0.05) is 25.0 Å². The maximum atomic E-state index is 12.8. The number of carbonyl (C=O) groups is 1. The van der Waals surface area contributed by atoms with E-state index < -0.39 is 0 Å². The third kappa shape index (κ3) is 4.47. The predicted octanol–water partition coefficient (Wildman–Crippen LogP) is 4.25. The van der Waals surface area contributed by atoms with Crippen molar-refractivity contribution in [2.75, 3.05) is 13.7 Å². The van der Waals surface area contributed by atoms with E-state index in [-0.39, 0.29) is 11.9 Å². The van der Waals surface area contributed by atoms with Gasteiger partial charge in [0.05, 0.1) is 13.2 Å². The van der Waals surface area contributed by atoms with Crippen LogP contribution in [0.4, 0.5) is 0 Å². The largest absolute Gasteiger partial charge is 0.497 e. The average molecular weight is 336 g/mol. The van der Waals surface area contributed by atoms with Gasteiger partial charge in [-0.05, 0) is 48.2 Å². The summed E-state index contributed by atoms with van der Waals surface area (Å²) in [6, 6.07) is 12.0. The van der Waals surface area contributed by atoms with Gasteiger partial charge in [0.1, 0.15) is 5.75 Å². The molecule has 1 amide bonds. The molecule has 1 aliphatic rings. The second-order valence-electron chi connectivity index (χ2n) is 6.29. The van der Waals surface area contributed by atoms with Gasteiger partial charge >= 0.3 is 0 Å². The molecule has 0 N–H and O–H groups in total. The van der Waals surface area contributed by atoms with Crippen LogP contribution >= 0.6 is 0 Å². The van der Waals surface area contributed by atoms with Crippen LogP contribution < -0.4 is 4.74 Å². The minimum Gasteiger partial charge on any atom is -0.497 e. The summed E-state index contributed by atoms with van der Waals surface area (Å²) in [4.78, 5) is 18.9. The Kier molecular flexibility index (Phi) is 5.83. The normalized spacial score (nSPS) is 18.1. The molecule has 130 valence electrons. The number of methoxy groups -OCH3 is 1. The average Bonchev–Trinajstić information content (AvgIpc) is 2.93. The summed E-state index contributed by atoms with van der Waals surface area (Å²) in [6.45, 7) is 0.799. The molecule has 25 heavy (non-hydrogen) atoms. The number of hydrogen-bond acceptors (Lipinski definition) is 3. The van der Waals surface area contributed by atoms with Crippen molar-refractivity contribution in [3.63, 3.8) is 0 Å². The number of aromatic nitrogens is 1. The van der Waals surface area contributed by atoms with Crippen molar-refractivity contribution in [1.82, 2.24) is 9.88 Å². The smallest absolute Gasteiger partial charge is 0.247 e. The number of nitrogens with zero attached hydrogens (tertiary/aromatic N) is 2. The molecule has 1 unspecified atom stereocenters. The summed E-state index contributed by atoms with van der Waals surface area (Å²) < 4.78 is 5.25. The highest BCUT2D eigenvalue weighted by molar-refractivity contribution is 5.92. The molecule has 0 aliphatic carbocycles. The van der Waals surface area contributed by atoms with E-state index in [1.807, 2.05) is 35.2 Å². The minimum atomic E-state index is 0.0616. The SMILES string of the molecule is COc1ccc(C2CCCCCN2C(=O)/C=C/c2cccnc2)cc1.